The van der Waals surface area contributed by atoms with E-state index in [4.69, 9.17) is 14.2 Å². The zero-order valence-corrected chi connectivity index (χ0v) is 14.9. The number of morpholine rings is 1. The fourth-order valence-corrected chi connectivity index (χ4v) is 2.94. The molecular weight excluding hydrogens is 316 g/mol. The number of pyridine rings is 1. The second-order valence-corrected chi connectivity index (χ2v) is 5.97. The van der Waals surface area contributed by atoms with E-state index in [0.29, 0.717) is 19.0 Å². The van der Waals surface area contributed by atoms with Crippen molar-refractivity contribution in [2.24, 2.45) is 0 Å². The van der Waals surface area contributed by atoms with Crippen LogP contribution in [0, 0.1) is 0 Å². The number of benzene rings is 1. The van der Waals surface area contributed by atoms with Gasteiger partial charge in [0.25, 0.3) is 0 Å². The van der Waals surface area contributed by atoms with Crippen LogP contribution in [-0.4, -0.2) is 37.4 Å². The average molecular weight is 342 g/mol. The summed E-state index contributed by atoms with van der Waals surface area (Å²) in [5, 5.41) is 3.38. The first-order valence-corrected chi connectivity index (χ1v) is 8.97. The van der Waals surface area contributed by atoms with Gasteiger partial charge >= 0.3 is 0 Å². The highest BCUT2D eigenvalue weighted by molar-refractivity contribution is 5.40. The van der Waals surface area contributed by atoms with Crippen molar-refractivity contribution in [3.8, 4) is 11.5 Å². The van der Waals surface area contributed by atoms with Crippen LogP contribution in [0.5, 0.6) is 11.5 Å². The Morgan fingerprint density at radius 2 is 2.08 bits per heavy atom. The number of aromatic nitrogens is 1. The number of aryl methyl sites for hydroxylation is 1. The lowest BCUT2D eigenvalue weighted by molar-refractivity contribution is -0.0453. The first-order valence-electron chi connectivity index (χ1n) is 8.97. The minimum Gasteiger partial charge on any atom is -0.490 e. The van der Waals surface area contributed by atoms with Gasteiger partial charge in [-0.3, -0.25) is 4.98 Å². The zero-order chi connectivity index (χ0) is 17.5. The quantitative estimate of drug-likeness (QED) is 0.838. The minimum atomic E-state index is -0.291. The lowest BCUT2D eigenvalue weighted by atomic mass is 10.1. The fourth-order valence-electron chi connectivity index (χ4n) is 2.94. The van der Waals surface area contributed by atoms with E-state index < -0.39 is 0 Å². The monoisotopic (exact) mass is 342 g/mol. The summed E-state index contributed by atoms with van der Waals surface area (Å²) in [5.74, 6) is 1.46. The molecule has 0 spiro atoms. The molecule has 2 aromatic rings. The van der Waals surface area contributed by atoms with Crippen molar-refractivity contribution in [2.75, 3.05) is 26.3 Å². The molecule has 0 bridgehead atoms. The second-order valence-electron chi connectivity index (χ2n) is 5.97. The van der Waals surface area contributed by atoms with Crippen LogP contribution < -0.4 is 14.8 Å². The number of nitrogens with one attached hydrogen (secondary N) is 1. The Kier molecular flexibility index (Phi) is 6.25. The Hall–Kier alpha value is -2.11. The Balaban J connectivity index is 1.91. The van der Waals surface area contributed by atoms with E-state index >= 15 is 0 Å². The van der Waals surface area contributed by atoms with Crippen LogP contribution in [0.15, 0.2) is 42.6 Å². The van der Waals surface area contributed by atoms with Gasteiger partial charge in [-0.15, -0.1) is 0 Å². The number of para-hydroxylation sites is 2. The van der Waals surface area contributed by atoms with Crippen molar-refractivity contribution >= 4 is 0 Å². The molecule has 134 valence electrons. The summed E-state index contributed by atoms with van der Waals surface area (Å²) in [6, 6.07) is 11.9. The Labute approximate surface area is 149 Å². The van der Waals surface area contributed by atoms with Crippen molar-refractivity contribution in [3.05, 3.63) is 53.9 Å². The van der Waals surface area contributed by atoms with Gasteiger partial charge in [-0.2, -0.15) is 0 Å². The zero-order valence-electron chi connectivity index (χ0n) is 14.9. The van der Waals surface area contributed by atoms with Gasteiger partial charge in [0.15, 0.2) is 17.6 Å². The molecule has 1 aliphatic heterocycles. The first-order chi connectivity index (χ1) is 12.3. The van der Waals surface area contributed by atoms with Crippen molar-refractivity contribution in [2.45, 2.75) is 32.5 Å². The molecule has 0 saturated carbocycles. The number of ether oxygens (including phenoxy) is 3. The van der Waals surface area contributed by atoms with E-state index in [1.54, 1.807) is 0 Å². The van der Waals surface area contributed by atoms with Crippen molar-refractivity contribution < 1.29 is 14.2 Å². The van der Waals surface area contributed by atoms with Gasteiger partial charge in [0.05, 0.1) is 18.9 Å². The van der Waals surface area contributed by atoms with Crippen molar-refractivity contribution in [3.63, 3.8) is 0 Å². The molecule has 2 heterocycles. The van der Waals surface area contributed by atoms with Gasteiger partial charge < -0.3 is 19.5 Å². The molecule has 5 heteroatoms. The van der Waals surface area contributed by atoms with Crippen LogP contribution in [0.4, 0.5) is 0 Å². The van der Waals surface area contributed by atoms with Gasteiger partial charge in [0.1, 0.15) is 6.10 Å². The number of nitrogens with zero attached hydrogens (tertiary/aromatic N) is 1. The maximum Gasteiger partial charge on any atom is 0.168 e. The van der Waals surface area contributed by atoms with E-state index in [1.807, 2.05) is 43.5 Å². The molecule has 1 aromatic carbocycles. The predicted octanol–water partition coefficient (Wildman–Crippen LogP) is 3.15. The SMILES string of the molecule is CCOc1ccccc1OC(c1cc(CC)ccn1)C1CNCCO1. The Morgan fingerprint density at radius 3 is 2.80 bits per heavy atom. The van der Waals surface area contributed by atoms with Crippen LogP contribution in [0.1, 0.15) is 31.2 Å². The van der Waals surface area contributed by atoms with Gasteiger partial charge in [0.2, 0.25) is 0 Å². The second kappa shape index (κ2) is 8.83. The standard InChI is InChI=1S/C20H26N2O3/c1-3-15-9-10-22-16(13-15)20(19-14-21-11-12-24-19)25-18-8-6-5-7-17(18)23-4-2/h5-10,13,19-21H,3-4,11-12,14H2,1-2H3. The third-order valence-electron chi connectivity index (χ3n) is 4.24. The largest absolute Gasteiger partial charge is 0.490 e. The molecule has 25 heavy (non-hydrogen) atoms. The predicted molar refractivity (Wildman–Crippen MR) is 97.2 cm³/mol. The van der Waals surface area contributed by atoms with Crippen LogP contribution >= 0.6 is 0 Å². The third-order valence-corrected chi connectivity index (χ3v) is 4.24. The molecule has 1 aromatic heterocycles. The molecule has 3 rings (SSSR count). The summed E-state index contributed by atoms with van der Waals surface area (Å²) >= 11 is 0. The average Bonchev–Trinajstić information content (AvgIpc) is 2.68. The topological polar surface area (TPSA) is 52.6 Å². The molecule has 0 amide bonds. The molecule has 1 saturated heterocycles. The van der Waals surface area contributed by atoms with Gasteiger partial charge in [-0.05, 0) is 43.2 Å². The van der Waals surface area contributed by atoms with Gasteiger partial charge in [-0.1, -0.05) is 19.1 Å². The lowest BCUT2D eigenvalue weighted by Gasteiger charge is -2.31. The highest BCUT2D eigenvalue weighted by Gasteiger charge is 2.30. The van der Waals surface area contributed by atoms with Crippen LogP contribution in [0.3, 0.4) is 0 Å². The summed E-state index contributed by atoms with van der Waals surface area (Å²) in [6.07, 6.45) is 2.42. The maximum absolute atomic E-state index is 6.37. The third kappa shape index (κ3) is 4.50. The number of hydrogen-bond acceptors (Lipinski definition) is 5. The molecule has 1 fully saturated rings. The first kappa shape index (κ1) is 17.7. The van der Waals surface area contributed by atoms with Crippen LogP contribution in [-0.2, 0) is 11.2 Å². The molecule has 5 nitrogen and oxygen atoms in total. The van der Waals surface area contributed by atoms with E-state index in [0.717, 1.165) is 31.0 Å². The maximum atomic E-state index is 6.37. The number of rotatable bonds is 7. The summed E-state index contributed by atoms with van der Waals surface area (Å²) in [4.78, 5) is 4.56. The molecule has 0 radical (unpaired) electrons. The van der Waals surface area contributed by atoms with Crippen molar-refractivity contribution in [1.29, 1.82) is 0 Å². The smallest absolute Gasteiger partial charge is 0.168 e. The molecule has 2 atom stereocenters. The molecule has 0 aliphatic carbocycles. The summed E-state index contributed by atoms with van der Waals surface area (Å²) in [7, 11) is 0. The molecular formula is C20H26N2O3. The Morgan fingerprint density at radius 1 is 1.24 bits per heavy atom. The van der Waals surface area contributed by atoms with E-state index in [9.17, 15) is 0 Å². The van der Waals surface area contributed by atoms with E-state index in [1.165, 1.54) is 5.56 Å². The van der Waals surface area contributed by atoms with Crippen molar-refractivity contribution in [1.82, 2.24) is 10.3 Å². The van der Waals surface area contributed by atoms with E-state index in [2.05, 4.69) is 23.3 Å². The number of hydrogen-bond donors (Lipinski definition) is 1. The van der Waals surface area contributed by atoms with E-state index in [-0.39, 0.29) is 12.2 Å². The van der Waals surface area contributed by atoms with Gasteiger partial charge in [0, 0.05) is 19.3 Å². The summed E-state index contributed by atoms with van der Waals surface area (Å²) < 4.78 is 18.0. The molecule has 1 aliphatic rings. The Bertz CT molecular complexity index is 671. The van der Waals surface area contributed by atoms with Crippen LogP contribution in [0.25, 0.3) is 0 Å². The van der Waals surface area contributed by atoms with Crippen LogP contribution in [0.2, 0.25) is 0 Å². The highest BCUT2D eigenvalue weighted by atomic mass is 16.6. The normalized spacial score (nSPS) is 18.6. The van der Waals surface area contributed by atoms with Gasteiger partial charge in [-0.25, -0.2) is 0 Å². The minimum absolute atomic E-state index is 0.0944. The fraction of sp³-hybridized carbons (Fsp3) is 0.450. The molecule has 2 unspecified atom stereocenters. The highest BCUT2D eigenvalue weighted by Crippen LogP contribution is 2.33. The summed E-state index contributed by atoms with van der Waals surface area (Å²) in [6.45, 7) is 6.97. The summed E-state index contributed by atoms with van der Waals surface area (Å²) in [5.41, 5.74) is 2.12. The molecule has 1 N–H and O–H groups in total. The lowest BCUT2D eigenvalue weighted by Crippen LogP contribution is -2.43.